The Hall–Kier alpha value is -1.96. The summed E-state index contributed by atoms with van der Waals surface area (Å²) in [5.41, 5.74) is 1.21. The van der Waals surface area contributed by atoms with E-state index in [4.69, 9.17) is 4.74 Å². The zero-order valence-electron chi connectivity index (χ0n) is 15.7. The molecule has 1 N–H and O–H groups in total. The van der Waals surface area contributed by atoms with E-state index in [0.29, 0.717) is 23.4 Å². The molecule has 26 heavy (non-hydrogen) atoms. The number of likely N-dealkylation sites (N-methyl/N-ethyl adjacent to an activating group) is 1. The second kappa shape index (κ2) is 8.62. The van der Waals surface area contributed by atoms with Crippen molar-refractivity contribution < 1.29 is 14.3 Å². The number of anilines is 1. The minimum absolute atomic E-state index is 0.0286. The van der Waals surface area contributed by atoms with Gasteiger partial charge in [0.1, 0.15) is 5.75 Å². The summed E-state index contributed by atoms with van der Waals surface area (Å²) in [6.07, 6.45) is 0.491. The molecule has 1 saturated heterocycles. The van der Waals surface area contributed by atoms with E-state index in [9.17, 15) is 9.59 Å². The van der Waals surface area contributed by atoms with Crippen LogP contribution in [0.1, 0.15) is 16.8 Å². The molecule has 0 atom stereocenters. The fourth-order valence-corrected chi connectivity index (χ4v) is 3.24. The van der Waals surface area contributed by atoms with E-state index < -0.39 is 0 Å². The standard InChI is InChI=1S/C19H28N4O3/c1-21(2)7-8-23-11-9-22(10-12-23)6-5-17(24)15-3-4-18-16(13-15)20-19(25)14-26-18/h3-4,13H,5-12,14H2,1-2H3,(H,20,25). The van der Waals surface area contributed by atoms with E-state index in [-0.39, 0.29) is 18.3 Å². The average molecular weight is 360 g/mol. The lowest BCUT2D eigenvalue weighted by Crippen LogP contribution is -2.48. The second-order valence-electron chi connectivity index (χ2n) is 7.21. The van der Waals surface area contributed by atoms with Crippen LogP contribution in [-0.2, 0) is 4.79 Å². The maximum atomic E-state index is 12.5. The van der Waals surface area contributed by atoms with Crippen molar-refractivity contribution in [1.29, 1.82) is 0 Å². The summed E-state index contributed by atoms with van der Waals surface area (Å²) in [4.78, 5) is 31.0. The second-order valence-corrected chi connectivity index (χ2v) is 7.21. The van der Waals surface area contributed by atoms with Gasteiger partial charge in [0.15, 0.2) is 12.4 Å². The first-order valence-corrected chi connectivity index (χ1v) is 9.20. The maximum Gasteiger partial charge on any atom is 0.262 e. The Morgan fingerprint density at radius 2 is 1.85 bits per heavy atom. The summed E-state index contributed by atoms with van der Waals surface area (Å²) >= 11 is 0. The van der Waals surface area contributed by atoms with Gasteiger partial charge in [-0.15, -0.1) is 0 Å². The van der Waals surface area contributed by atoms with Gasteiger partial charge in [0.25, 0.3) is 5.91 Å². The monoisotopic (exact) mass is 360 g/mol. The van der Waals surface area contributed by atoms with Crippen LogP contribution >= 0.6 is 0 Å². The van der Waals surface area contributed by atoms with Gasteiger partial charge < -0.3 is 19.9 Å². The summed E-state index contributed by atoms with van der Waals surface area (Å²) in [6, 6.07) is 5.25. The van der Waals surface area contributed by atoms with Gasteiger partial charge in [-0.25, -0.2) is 0 Å². The first-order chi connectivity index (χ1) is 12.5. The van der Waals surface area contributed by atoms with Crippen molar-refractivity contribution in [1.82, 2.24) is 14.7 Å². The van der Waals surface area contributed by atoms with Crippen molar-refractivity contribution >= 4 is 17.4 Å². The molecule has 0 saturated carbocycles. The van der Waals surface area contributed by atoms with E-state index >= 15 is 0 Å². The molecule has 1 fully saturated rings. The number of hydrogen-bond donors (Lipinski definition) is 1. The number of nitrogens with one attached hydrogen (secondary N) is 1. The highest BCUT2D eigenvalue weighted by molar-refractivity contribution is 6.00. The van der Waals surface area contributed by atoms with Gasteiger partial charge in [0.2, 0.25) is 0 Å². The molecule has 0 radical (unpaired) electrons. The molecule has 0 aromatic heterocycles. The highest BCUT2D eigenvalue weighted by atomic mass is 16.5. The summed E-state index contributed by atoms with van der Waals surface area (Å²) in [5, 5.41) is 2.75. The first kappa shape index (κ1) is 18.8. The number of amides is 1. The smallest absolute Gasteiger partial charge is 0.262 e. The molecule has 142 valence electrons. The number of carbonyl (C=O) groups excluding carboxylic acids is 2. The largest absolute Gasteiger partial charge is 0.482 e. The van der Waals surface area contributed by atoms with Gasteiger partial charge in [0, 0.05) is 57.8 Å². The van der Waals surface area contributed by atoms with Crippen molar-refractivity contribution in [3.05, 3.63) is 23.8 Å². The minimum atomic E-state index is -0.186. The molecular weight excluding hydrogens is 332 g/mol. The van der Waals surface area contributed by atoms with Gasteiger partial charge in [-0.05, 0) is 32.3 Å². The SMILES string of the molecule is CN(C)CCN1CCN(CCC(=O)c2ccc3c(c2)NC(=O)CO3)CC1. The number of fused-ring (bicyclic) bond motifs is 1. The molecule has 2 heterocycles. The number of hydrogen-bond acceptors (Lipinski definition) is 6. The van der Waals surface area contributed by atoms with Crippen LogP contribution in [0.15, 0.2) is 18.2 Å². The zero-order valence-corrected chi connectivity index (χ0v) is 15.7. The molecule has 0 bridgehead atoms. The number of benzene rings is 1. The van der Waals surface area contributed by atoms with Crippen LogP contribution in [0.25, 0.3) is 0 Å². The quantitative estimate of drug-likeness (QED) is 0.725. The van der Waals surface area contributed by atoms with Gasteiger partial charge in [-0.2, -0.15) is 0 Å². The number of ketones is 1. The van der Waals surface area contributed by atoms with Crippen LogP contribution in [-0.4, -0.2) is 92.9 Å². The van der Waals surface area contributed by atoms with Crippen LogP contribution in [0.3, 0.4) is 0 Å². The highest BCUT2D eigenvalue weighted by Gasteiger charge is 2.20. The summed E-state index contributed by atoms with van der Waals surface area (Å²) in [5.74, 6) is 0.534. The van der Waals surface area contributed by atoms with E-state index in [0.717, 1.165) is 45.8 Å². The Kier molecular flexibility index (Phi) is 6.24. The van der Waals surface area contributed by atoms with Gasteiger partial charge in [-0.3, -0.25) is 14.5 Å². The van der Waals surface area contributed by atoms with Crippen LogP contribution in [0.2, 0.25) is 0 Å². The molecule has 1 amide bonds. The van der Waals surface area contributed by atoms with Crippen molar-refractivity contribution in [3.8, 4) is 5.75 Å². The van der Waals surface area contributed by atoms with Crippen molar-refractivity contribution in [2.24, 2.45) is 0 Å². The predicted octanol–water partition coefficient (Wildman–Crippen LogP) is 0.770. The Morgan fingerprint density at radius 1 is 1.15 bits per heavy atom. The lowest BCUT2D eigenvalue weighted by atomic mass is 10.1. The van der Waals surface area contributed by atoms with Gasteiger partial charge >= 0.3 is 0 Å². The number of carbonyl (C=O) groups is 2. The number of rotatable bonds is 7. The van der Waals surface area contributed by atoms with E-state index in [2.05, 4.69) is 34.1 Å². The van der Waals surface area contributed by atoms with E-state index in [1.165, 1.54) is 0 Å². The first-order valence-electron chi connectivity index (χ1n) is 9.20. The summed E-state index contributed by atoms with van der Waals surface area (Å²) in [6.45, 7) is 7.12. The molecule has 1 aromatic rings. The molecule has 7 nitrogen and oxygen atoms in total. The average Bonchev–Trinajstić information content (AvgIpc) is 2.64. The fraction of sp³-hybridized carbons (Fsp3) is 0.579. The topological polar surface area (TPSA) is 65.1 Å². The normalized spacial score (nSPS) is 18.3. The number of Topliss-reactive ketones (excluding diaryl/α,β-unsaturated/α-hetero) is 1. The van der Waals surface area contributed by atoms with Crippen LogP contribution < -0.4 is 10.1 Å². The Morgan fingerprint density at radius 3 is 2.54 bits per heavy atom. The van der Waals surface area contributed by atoms with Crippen LogP contribution in [0.5, 0.6) is 5.75 Å². The Labute approximate surface area is 154 Å². The van der Waals surface area contributed by atoms with Crippen molar-refractivity contribution in [2.45, 2.75) is 6.42 Å². The highest BCUT2D eigenvalue weighted by Crippen LogP contribution is 2.28. The van der Waals surface area contributed by atoms with E-state index in [1.54, 1.807) is 18.2 Å². The molecule has 1 aromatic carbocycles. The van der Waals surface area contributed by atoms with Crippen LogP contribution in [0, 0.1) is 0 Å². The number of ether oxygens (including phenoxy) is 1. The third-order valence-corrected chi connectivity index (χ3v) is 4.92. The Balaban J connectivity index is 1.45. The third-order valence-electron chi connectivity index (χ3n) is 4.92. The molecule has 0 spiro atoms. The van der Waals surface area contributed by atoms with Gasteiger partial charge in [0.05, 0.1) is 5.69 Å². The lowest BCUT2D eigenvalue weighted by molar-refractivity contribution is -0.118. The number of piperazine rings is 1. The summed E-state index contributed by atoms with van der Waals surface area (Å²) in [7, 11) is 4.19. The molecule has 3 rings (SSSR count). The molecule has 0 unspecified atom stereocenters. The van der Waals surface area contributed by atoms with Crippen molar-refractivity contribution in [2.75, 3.05) is 71.8 Å². The third kappa shape index (κ3) is 5.03. The maximum absolute atomic E-state index is 12.5. The predicted molar refractivity (Wildman–Crippen MR) is 101 cm³/mol. The number of nitrogens with zero attached hydrogens (tertiary/aromatic N) is 3. The fourth-order valence-electron chi connectivity index (χ4n) is 3.24. The summed E-state index contributed by atoms with van der Waals surface area (Å²) < 4.78 is 5.33. The zero-order chi connectivity index (χ0) is 18.5. The Bertz CT molecular complexity index is 654. The molecule has 2 aliphatic heterocycles. The molecule has 2 aliphatic rings. The van der Waals surface area contributed by atoms with E-state index in [1.807, 2.05) is 0 Å². The van der Waals surface area contributed by atoms with Crippen LogP contribution in [0.4, 0.5) is 5.69 Å². The minimum Gasteiger partial charge on any atom is -0.482 e. The molecular formula is C19H28N4O3. The van der Waals surface area contributed by atoms with Gasteiger partial charge in [-0.1, -0.05) is 0 Å². The molecule has 7 heteroatoms. The lowest BCUT2D eigenvalue weighted by Gasteiger charge is -2.35. The van der Waals surface area contributed by atoms with Crippen molar-refractivity contribution in [3.63, 3.8) is 0 Å². The molecule has 0 aliphatic carbocycles.